The predicted octanol–water partition coefficient (Wildman–Crippen LogP) is 5.05. The molecule has 0 saturated heterocycles. The number of fused-ring (bicyclic) bond motifs is 1. The van der Waals surface area contributed by atoms with E-state index in [-0.39, 0.29) is 6.04 Å². The van der Waals surface area contributed by atoms with E-state index < -0.39 is 0 Å². The number of thiocarbonyl (C=S) groups is 1. The SMILES string of the molecule is S=C(Nc1ccc(Br)cc1)N1CCn2cccc2[C@@H]1c1ccccc1. The fraction of sp³-hybridized carbons (Fsp3) is 0.150. The van der Waals surface area contributed by atoms with Crippen LogP contribution in [0, 0.1) is 0 Å². The Labute approximate surface area is 161 Å². The van der Waals surface area contributed by atoms with Crippen molar-refractivity contribution in [1.82, 2.24) is 9.47 Å². The predicted molar refractivity (Wildman–Crippen MR) is 110 cm³/mol. The van der Waals surface area contributed by atoms with E-state index in [1.807, 2.05) is 30.3 Å². The zero-order valence-corrected chi connectivity index (χ0v) is 16.0. The minimum atomic E-state index is 0.125. The quantitative estimate of drug-likeness (QED) is 0.595. The molecular weight excluding hydrogens is 394 g/mol. The van der Waals surface area contributed by atoms with E-state index >= 15 is 0 Å². The van der Waals surface area contributed by atoms with Gasteiger partial charge in [0.1, 0.15) is 0 Å². The Morgan fingerprint density at radius 1 is 0.960 bits per heavy atom. The van der Waals surface area contributed by atoms with Crippen LogP contribution >= 0.6 is 28.1 Å². The summed E-state index contributed by atoms with van der Waals surface area (Å²) < 4.78 is 3.37. The molecule has 1 aromatic heterocycles. The highest BCUT2D eigenvalue weighted by molar-refractivity contribution is 9.10. The first-order chi connectivity index (χ1) is 12.2. The van der Waals surface area contributed by atoms with Crippen LogP contribution in [-0.4, -0.2) is 21.1 Å². The van der Waals surface area contributed by atoms with Gasteiger partial charge in [0.05, 0.1) is 6.04 Å². The van der Waals surface area contributed by atoms with Gasteiger partial charge >= 0.3 is 0 Å². The van der Waals surface area contributed by atoms with Crippen LogP contribution in [0.25, 0.3) is 0 Å². The minimum absolute atomic E-state index is 0.125. The lowest BCUT2D eigenvalue weighted by Gasteiger charge is -2.39. The van der Waals surface area contributed by atoms with Crippen molar-refractivity contribution in [3.05, 3.63) is 88.7 Å². The summed E-state index contributed by atoms with van der Waals surface area (Å²) >= 11 is 9.23. The second-order valence-corrected chi connectivity index (χ2v) is 7.37. The van der Waals surface area contributed by atoms with Crippen LogP contribution in [-0.2, 0) is 6.54 Å². The molecule has 0 aliphatic carbocycles. The monoisotopic (exact) mass is 411 g/mol. The van der Waals surface area contributed by atoms with Crippen LogP contribution in [0.1, 0.15) is 17.3 Å². The molecule has 0 fully saturated rings. The van der Waals surface area contributed by atoms with Crippen molar-refractivity contribution in [1.29, 1.82) is 0 Å². The van der Waals surface area contributed by atoms with Crippen LogP contribution in [0.4, 0.5) is 5.69 Å². The molecule has 3 nitrogen and oxygen atoms in total. The van der Waals surface area contributed by atoms with Gasteiger partial charge in [-0.3, -0.25) is 0 Å². The molecule has 0 saturated carbocycles. The molecule has 1 aliphatic rings. The number of nitrogens with zero attached hydrogens (tertiary/aromatic N) is 2. The maximum Gasteiger partial charge on any atom is 0.174 e. The first-order valence-corrected chi connectivity index (χ1v) is 9.46. The average Bonchev–Trinajstić information content (AvgIpc) is 3.12. The Bertz CT molecular complexity index is 873. The molecule has 0 radical (unpaired) electrons. The lowest BCUT2D eigenvalue weighted by atomic mass is 10.0. The number of hydrogen-bond donors (Lipinski definition) is 1. The van der Waals surface area contributed by atoms with Crippen molar-refractivity contribution >= 4 is 38.9 Å². The normalized spacial score (nSPS) is 16.4. The Morgan fingerprint density at radius 3 is 2.48 bits per heavy atom. The summed E-state index contributed by atoms with van der Waals surface area (Å²) in [5, 5.41) is 4.14. The molecule has 0 bridgehead atoms. The van der Waals surface area contributed by atoms with Crippen LogP contribution in [0.2, 0.25) is 0 Å². The molecular formula is C20H18BrN3S. The highest BCUT2D eigenvalue weighted by atomic mass is 79.9. The molecule has 1 atom stereocenters. The topological polar surface area (TPSA) is 20.2 Å². The van der Waals surface area contributed by atoms with Gasteiger partial charge in [0.15, 0.2) is 5.11 Å². The minimum Gasteiger partial charge on any atom is -0.348 e. The maximum atomic E-state index is 5.76. The molecule has 0 amide bonds. The van der Waals surface area contributed by atoms with Crippen molar-refractivity contribution in [2.24, 2.45) is 0 Å². The van der Waals surface area contributed by atoms with Gasteiger partial charge in [0.2, 0.25) is 0 Å². The molecule has 0 spiro atoms. The molecule has 2 aromatic carbocycles. The number of anilines is 1. The molecule has 4 rings (SSSR count). The Balaban J connectivity index is 1.65. The smallest absolute Gasteiger partial charge is 0.174 e. The standard InChI is InChI=1S/C20H18BrN3S/c21-16-8-10-17(11-9-16)22-20(25)24-14-13-23-12-4-7-18(23)19(24)15-5-2-1-3-6-15/h1-12,19H,13-14H2,(H,22,25)/t19-/m0/s1. The van der Waals surface area contributed by atoms with Crippen LogP contribution in [0.3, 0.4) is 0 Å². The van der Waals surface area contributed by atoms with Gasteiger partial charge in [-0.2, -0.15) is 0 Å². The molecule has 1 aliphatic heterocycles. The molecule has 5 heteroatoms. The van der Waals surface area contributed by atoms with Gasteiger partial charge in [-0.05, 0) is 54.2 Å². The fourth-order valence-corrected chi connectivity index (χ4v) is 3.90. The van der Waals surface area contributed by atoms with Gasteiger partial charge in [-0.25, -0.2) is 0 Å². The summed E-state index contributed by atoms with van der Waals surface area (Å²) in [5.74, 6) is 0. The summed E-state index contributed by atoms with van der Waals surface area (Å²) in [6, 6.07) is 23.1. The van der Waals surface area contributed by atoms with Crippen molar-refractivity contribution in [3.63, 3.8) is 0 Å². The van der Waals surface area contributed by atoms with Crippen molar-refractivity contribution in [3.8, 4) is 0 Å². The van der Waals surface area contributed by atoms with Crippen LogP contribution in [0.5, 0.6) is 0 Å². The third-order valence-electron chi connectivity index (χ3n) is 4.51. The first-order valence-electron chi connectivity index (χ1n) is 8.25. The van der Waals surface area contributed by atoms with Gasteiger partial charge < -0.3 is 14.8 Å². The largest absolute Gasteiger partial charge is 0.348 e. The van der Waals surface area contributed by atoms with Crippen LogP contribution < -0.4 is 5.32 Å². The van der Waals surface area contributed by atoms with Gasteiger partial charge in [-0.15, -0.1) is 0 Å². The zero-order valence-electron chi connectivity index (χ0n) is 13.6. The highest BCUT2D eigenvalue weighted by Gasteiger charge is 2.30. The van der Waals surface area contributed by atoms with Crippen molar-refractivity contribution < 1.29 is 0 Å². The first kappa shape index (κ1) is 16.4. The summed E-state index contributed by atoms with van der Waals surface area (Å²) in [6.45, 7) is 1.82. The fourth-order valence-electron chi connectivity index (χ4n) is 3.32. The van der Waals surface area contributed by atoms with Crippen molar-refractivity contribution in [2.75, 3.05) is 11.9 Å². The number of benzene rings is 2. The number of hydrogen-bond acceptors (Lipinski definition) is 1. The third kappa shape index (κ3) is 3.34. The summed E-state index contributed by atoms with van der Waals surface area (Å²) in [6.07, 6.45) is 2.15. The molecule has 126 valence electrons. The van der Waals surface area contributed by atoms with Gasteiger partial charge in [0, 0.05) is 35.1 Å². The lowest BCUT2D eigenvalue weighted by molar-refractivity contribution is 0.293. The zero-order chi connectivity index (χ0) is 17.2. The van der Waals surface area contributed by atoms with E-state index in [4.69, 9.17) is 12.2 Å². The summed E-state index contributed by atoms with van der Waals surface area (Å²) in [7, 11) is 0. The average molecular weight is 412 g/mol. The number of aromatic nitrogens is 1. The second kappa shape index (κ2) is 7.02. The second-order valence-electron chi connectivity index (χ2n) is 6.07. The molecule has 1 N–H and O–H groups in total. The number of halogens is 1. The third-order valence-corrected chi connectivity index (χ3v) is 5.38. The van der Waals surface area contributed by atoms with Gasteiger partial charge in [-0.1, -0.05) is 46.3 Å². The number of rotatable bonds is 2. The molecule has 0 unspecified atom stereocenters. The molecule has 3 aromatic rings. The highest BCUT2D eigenvalue weighted by Crippen LogP contribution is 2.32. The maximum absolute atomic E-state index is 5.76. The molecule has 25 heavy (non-hydrogen) atoms. The Morgan fingerprint density at radius 2 is 1.72 bits per heavy atom. The van der Waals surface area contributed by atoms with Crippen LogP contribution in [0.15, 0.2) is 77.4 Å². The molecule has 2 heterocycles. The van der Waals surface area contributed by atoms with E-state index in [0.717, 1.165) is 28.4 Å². The Kier molecular flexibility index (Phi) is 4.59. The van der Waals surface area contributed by atoms with E-state index in [9.17, 15) is 0 Å². The van der Waals surface area contributed by atoms with E-state index in [0.29, 0.717) is 0 Å². The number of nitrogens with one attached hydrogen (secondary N) is 1. The van der Waals surface area contributed by atoms with Crippen molar-refractivity contribution in [2.45, 2.75) is 12.6 Å². The Hall–Kier alpha value is -2.11. The van der Waals surface area contributed by atoms with Gasteiger partial charge in [0.25, 0.3) is 0 Å². The summed E-state index contributed by atoms with van der Waals surface area (Å²) in [5.41, 5.74) is 3.53. The summed E-state index contributed by atoms with van der Waals surface area (Å²) in [4.78, 5) is 2.28. The van der Waals surface area contributed by atoms with E-state index in [1.165, 1.54) is 11.3 Å². The van der Waals surface area contributed by atoms with E-state index in [2.05, 4.69) is 73.3 Å². The van der Waals surface area contributed by atoms with E-state index in [1.54, 1.807) is 0 Å². The lowest BCUT2D eigenvalue weighted by Crippen LogP contribution is -2.44.